The topological polar surface area (TPSA) is 52.6 Å². The fraction of sp³-hybridized carbons (Fsp3) is 0.474. The third kappa shape index (κ3) is 2.28. The molecule has 2 aliphatic rings. The number of hydrogen-bond acceptors (Lipinski definition) is 4. The molecule has 1 aromatic carbocycles. The van der Waals surface area contributed by atoms with E-state index in [1.165, 1.54) is 19.8 Å². The lowest BCUT2D eigenvalue weighted by atomic mass is 9.67. The first kappa shape index (κ1) is 15.8. The zero-order valence-corrected chi connectivity index (χ0v) is 13.6. The van der Waals surface area contributed by atoms with Gasteiger partial charge in [-0.2, -0.15) is 0 Å². The van der Waals surface area contributed by atoms with Crippen molar-refractivity contribution in [2.24, 2.45) is 11.3 Å². The molecular weight excluding hydrogens is 292 g/mol. The summed E-state index contributed by atoms with van der Waals surface area (Å²) in [5, 5.41) is 0. The van der Waals surface area contributed by atoms with E-state index >= 15 is 0 Å². The van der Waals surface area contributed by atoms with E-state index in [9.17, 15) is 9.59 Å². The Hall–Kier alpha value is -2.10. The van der Waals surface area contributed by atoms with Gasteiger partial charge >= 0.3 is 11.9 Å². The fourth-order valence-corrected chi connectivity index (χ4v) is 4.38. The quantitative estimate of drug-likeness (QED) is 0.488. The van der Waals surface area contributed by atoms with E-state index in [1.54, 1.807) is 0 Å². The number of allylic oxidation sites excluding steroid dienone is 2. The lowest BCUT2D eigenvalue weighted by Crippen LogP contribution is -2.48. The van der Waals surface area contributed by atoms with Gasteiger partial charge in [-0.05, 0) is 31.2 Å². The smallest absolute Gasteiger partial charge is 0.324 e. The molecule has 1 fully saturated rings. The van der Waals surface area contributed by atoms with Gasteiger partial charge < -0.3 is 9.47 Å². The first-order valence-electron chi connectivity index (χ1n) is 8.07. The van der Waals surface area contributed by atoms with Gasteiger partial charge in [0.1, 0.15) is 0 Å². The van der Waals surface area contributed by atoms with Crippen LogP contribution in [0.1, 0.15) is 37.2 Å². The lowest BCUT2D eigenvalue weighted by molar-refractivity contribution is -0.173. The number of fused-ring (bicyclic) bond motifs is 1. The maximum absolute atomic E-state index is 12.8. The summed E-state index contributed by atoms with van der Waals surface area (Å²) in [5.41, 5.74) is 0.913. The first-order valence-corrected chi connectivity index (χ1v) is 8.07. The second-order valence-corrected chi connectivity index (χ2v) is 6.28. The monoisotopic (exact) mass is 314 g/mol. The maximum Gasteiger partial charge on any atom is 0.324 e. The van der Waals surface area contributed by atoms with Crippen LogP contribution in [-0.4, -0.2) is 26.2 Å². The van der Waals surface area contributed by atoms with Gasteiger partial charge in [0.15, 0.2) is 5.41 Å². The number of hydrogen-bond donors (Lipinski definition) is 0. The standard InChI is InChI=1S/C19H22O4/c1-22-17(20)19(18(21)23-2)15-11-7-6-10-14(15)12-16(19)13-8-4-3-5-9-13/h3-5,8-10,15-16H,6-7,11-12H2,1-2H3/t15-,16?/m0/s1. The Balaban J connectivity index is 2.19. The molecule has 23 heavy (non-hydrogen) atoms. The third-order valence-electron chi connectivity index (χ3n) is 5.34. The Kier molecular flexibility index (Phi) is 4.24. The van der Waals surface area contributed by atoms with Crippen molar-refractivity contribution in [3.63, 3.8) is 0 Å². The van der Waals surface area contributed by atoms with Crippen molar-refractivity contribution in [1.82, 2.24) is 0 Å². The number of rotatable bonds is 3. The number of carbonyl (C=O) groups excluding carboxylic acids is 2. The van der Waals surface area contributed by atoms with E-state index in [4.69, 9.17) is 9.47 Å². The van der Waals surface area contributed by atoms with E-state index in [0.29, 0.717) is 6.42 Å². The van der Waals surface area contributed by atoms with Crippen LogP contribution in [0.15, 0.2) is 42.0 Å². The molecule has 0 heterocycles. The van der Waals surface area contributed by atoms with Crippen molar-refractivity contribution in [2.75, 3.05) is 14.2 Å². The normalized spacial score (nSPS) is 25.2. The Morgan fingerprint density at radius 1 is 1.04 bits per heavy atom. The van der Waals surface area contributed by atoms with Crippen LogP contribution >= 0.6 is 0 Å². The molecule has 1 aromatic rings. The van der Waals surface area contributed by atoms with Crippen molar-refractivity contribution < 1.29 is 19.1 Å². The lowest BCUT2D eigenvalue weighted by Gasteiger charge is -2.35. The van der Waals surface area contributed by atoms with Crippen LogP contribution in [0.5, 0.6) is 0 Å². The second-order valence-electron chi connectivity index (χ2n) is 6.28. The molecule has 2 aliphatic carbocycles. The minimum absolute atomic E-state index is 0.124. The van der Waals surface area contributed by atoms with E-state index < -0.39 is 17.4 Å². The summed E-state index contributed by atoms with van der Waals surface area (Å²) in [5.74, 6) is -1.32. The number of esters is 2. The fourth-order valence-electron chi connectivity index (χ4n) is 4.38. The Bertz CT molecular complexity index is 616. The van der Waals surface area contributed by atoms with Gasteiger partial charge in [-0.25, -0.2) is 0 Å². The molecule has 122 valence electrons. The summed E-state index contributed by atoms with van der Waals surface area (Å²) in [6.07, 6.45) is 5.70. The predicted molar refractivity (Wildman–Crippen MR) is 85.7 cm³/mol. The van der Waals surface area contributed by atoms with Crippen LogP contribution in [0.3, 0.4) is 0 Å². The molecule has 0 aromatic heterocycles. The zero-order valence-electron chi connectivity index (χ0n) is 13.6. The number of methoxy groups -OCH3 is 2. The third-order valence-corrected chi connectivity index (χ3v) is 5.34. The van der Waals surface area contributed by atoms with Gasteiger partial charge in [-0.1, -0.05) is 42.0 Å². The summed E-state index contributed by atoms with van der Waals surface area (Å²) in [6.45, 7) is 0. The number of ether oxygens (including phenoxy) is 2. The van der Waals surface area contributed by atoms with E-state index in [0.717, 1.165) is 24.8 Å². The van der Waals surface area contributed by atoms with Crippen molar-refractivity contribution in [1.29, 1.82) is 0 Å². The SMILES string of the molecule is COC(=O)C1(C(=O)OC)C(c2ccccc2)CC2=CCCC[C@@H]21. The molecular formula is C19H22O4. The molecule has 1 unspecified atom stereocenters. The highest BCUT2D eigenvalue weighted by Crippen LogP contribution is 2.59. The van der Waals surface area contributed by atoms with Crippen molar-refractivity contribution in [2.45, 2.75) is 31.6 Å². The minimum Gasteiger partial charge on any atom is -0.468 e. The molecule has 0 saturated heterocycles. The molecule has 1 saturated carbocycles. The first-order chi connectivity index (χ1) is 11.2. The van der Waals surface area contributed by atoms with E-state index in [2.05, 4.69) is 6.08 Å². The van der Waals surface area contributed by atoms with Gasteiger partial charge in [0.25, 0.3) is 0 Å². The van der Waals surface area contributed by atoms with E-state index in [-0.39, 0.29) is 11.8 Å². The summed E-state index contributed by atoms with van der Waals surface area (Å²) >= 11 is 0. The molecule has 0 bridgehead atoms. The predicted octanol–water partition coefficient (Wildman–Crippen LogP) is 3.23. The zero-order chi connectivity index (χ0) is 16.4. The molecule has 0 aliphatic heterocycles. The van der Waals surface area contributed by atoms with Gasteiger partial charge in [-0.15, -0.1) is 0 Å². The molecule has 4 nitrogen and oxygen atoms in total. The molecule has 0 amide bonds. The molecule has 0 radical (unpaired) electrons. The van der Waals surface area contributed by atoms with Gasteiger partial charge in [0.05, 0.1) is 14.2 Å². The largest absolute Gasteiger partial charge is 0.468 e. The minimum atomic E-state index is -1.27. The van der Waals surface area contributed by atoms with Crippen LogP contribution in [0, 0.1) is 11.3 Å². The van der Waals surface area contributed by atoms with Gasteiger partial charge in [-0.3, -0.25) is 9.59 Å². The summed E-state index contributed by atoms with van der Waals surface area (Å²) in [7, 11) is 2.69. The second kappa shape index (κ2) is 6.19. The van der Waals surface area contributed by atoms with Crippen molar-refractivity contribution >= 4 is 11.9 Å². The molecule has 4 heteroatoms. The summed E-state index contributed by atoms with van der Waals surface area (Å²) < 4.78 is 10.2. The van der Waals surface area contributed by atoms with Crippen LogP contribution in [-0.2, 0) is 19.1 Å². The van der Waals surface area contributed by atoms with Gasteiger partial charge in [0.2, 0.25) is 0 Å². The highest BCUT2D eigenvalue weighted by molar-refractivity contribution is 6.03. The average molecular weight is 314 g/mol. The number of carbonyl (C=O) groups is 2. The van der Waals surface area contributed by atoms with Crippen LogP contribution in [0.4, 0.5) is 0 Å². The van der Waals surface area contributed by atoms with E-state index in [1.807, 2.05) is 30.3 Å². The van der Waals surface area contributed by atoms with Gasteiger partial charge in [0, 0.05) is 11.8 Å². The maximum atomic E-state index is 12.8. The number of benzene rings is 1. The molecule has 0 spiro atoms. The van der Waals surface area contributed by atoms with Crippen LogP contribution in [0.2, 0.25) is 0 Å². The van der Waals surface area contributed by atoms with Crippen LogP contribution in [0.25, 0.3) is 0 Å². The molecule has 0 N–H and O–H groups in total. The van der Waals surface area contributed by atoms with Crippen molar-refractivity contribution in [3.8, 4) is 0 Å². The highest BCUT2D eigenvalue weighted by Gasteiger charge is 2.64. The Morgan fingerprint density at radius 2 is 1.70 bits per heavy atom. The summed E-state index contributed by atoms with van der Waals surface area (Å²) in [4.78, 5) is 25.6. The average Bonchev–Trinajstić information content (AvgIpc) is 2.97. The Morgan fingerprint density at radius 3 is 2.30 bits per heavy atom. The highest BCUT2D eigenvalue weighted by atomic mass is 16.5. The van der Waals surface area contributed by atoms with Crippen LogP contribution < -0.4 is 0 Å². The van der Waals surface area contributed by atoms with Crippen molar-refractivity contribution in [3.05, 3.63) is 47.5 Å². The molecule has 2 atom stereocenters. The molecule has 3 rings (SSSR count). The Labute approximate surface area is 136 Å². The summed E-state index contributed by atoms with van der Waals surface area (Å²) in [6, 6.07) is 9.76.